The molecule has 1 aromatic rings. The molecule has 0 aliphatic carbocycles. The van der Waals surface area contributed by atoms with Crippen molar-refractivity contribution in [2.45, 2.75) is 38.3 Å². The molecule has 1 saturated heterocycles. The molecule has 1 atom stereocenters. The van der Waals surface area contributed by atoms with E-state index >= 15 is 0 Å². The number of carbonyl (C=O) groups excluding carboxylic acids is 1. The van der Waals surface area contributed by atoms with Crippen LogP contribution in [0.5, 0.6) is 0 Å². The lowest BCUT2D eigenvalue weighted by Gasteiger charge is -2.32. The molecule has 8 heteroatoms. The van der Waals surface area contributed by atoms with Crippen LogP contribution >= 0.6 is 0 Å². The summed E-state index contributed by atoms with van der Waals surface area (Å²) in [5.41, 5.74) is -0.475. The van der Waals surface area contributed by atoms with E-state index in [1.54, 1.807) is 4.90 Å². The second-order valence-corrected chi connectivity index (χ2v) is 5.33. The summed E-state index contributed by atoms with van der Waals surface area (Å²) in [7, 11) is 0. The zero-order valence-corrected chi connectivity index (χ0v) is 12.4. The van der Waals surface area contributed by atoms with Crippen LogP contribution in [-0.4, -0.2) is 47.3 Å². The van der Waals surface area contributed by atoms with Gasteiger partial charge in [-0.2, -0.15) is 18.3 Å². The zero-order valence-electron chi connectivity index (χ0n) is 12.4. The number of carbonyl (C=O) groups is 1. The highest BCUT2D eigenvalue weighted by atomic mass is 19.4. The summed E-state index contributed by atoms with van der Waals surface area (Å²) < 4.78 is 42.9. The Morgan fingerprint density at radius 1 is 1.55 bits per heavy atom. The SMILES string of the molecule is CCOCCC(=O)N1CCC[C@H](c2cc(C(F)(F)F)n[nH]2)C1. The number of nitrogens with one attached hydrogen (secondary N) is 1. The minimum absolute atomic E-state index is 0.0197. The van der Waals surface area contributed by atoms with Crippen molar-refractivity contribution in [3.63, 3.8) is 0 Å². The number of nitrogens with zero attached hydrogens (tertiary/aromatic N) is 2. The van der Waals surface area contributed by atoms with E-state index in [2.05, 4.69) is 10.2 Å². The van der Waals surface area contributed by atoms with Crippen molar-refractivity contribution in [2.24, 2.45) is 0 Å². The lowest BCUT2D eigenvalue weighted by Crippen LogP contribution is -2.39. The molecule has 0 aromatic carbocycles. The summed E-state index contributed by atoms with van der Waals surface area (Å²) in [5, 5.41) is 5.78. The zero-order chi connectivity index (χ0) is 16.2. The van der Waals surface area contributed by atoms with Crippen molar-refractivity contribution >= 4 is 5.91 Å². The monoisotopic (exact) mass is 319 g/mol. The molecule has 2 heterocycles. The first-order valence-corrected chi connectivity index (χ1v) is 7.39. The van der Waals surface area contributed by atoms with Gasteiger partial charge < -0.3 is 9.64 Å². The molecule has 0 radical (unpaired) electrons. The van der Waals surface area contributed by atoms with Gasteiger partial charge in [-0.3, -0.25) is 9.89 Å². The van der Waals surface area contributed by atoms with Gasteiger partial charge in [0.1, 0.15) is 0 Å². The molecule has 0 saturated carbocycles. The van der Waals surface area contributed by atoms with Crippen LogP contribution in [0.1, 0.15) is 43.5 Å². The Labute approximate surface area is 126 Å². The molecule has 1 amide bonds. The fourth-order valence-corrected chi connectivity index (χ4v) is 2.61. The van der Waals surface area contributed by atoms with Gasteiger partial charge in [-0.1, -0.05) is 0 Å². The smallest absolute Gasteiger partial charge is 0.381 e. The van der Waals surface area contributed by atoms with Gasteiger partial charge in [0.15, 0.2) is 5.69 Å². The average molecular weight is 319 g/mol. The number of alkyl halides is 3. The van der Waals surface area contributed by atoms with Crippen LogP contribution < -0.4 is 0 Å². The predicted octanol–water partition coefficient (Wildman–Crippen LogP) is 2.56. The first kappa shape index (κ1) is 16.8. The molecule has 22 heavy (non-hydrogen) atoms. The van der Waals surface area contributed by atoms with Gasteiger partial charge in [-0.15, -0.1) is 0 Å². The lowest BCUT2D eigenvalue weighted by atomic mass is 9.94. The van der Waals surface area contributed by atoms with Gasteiger partial charge >= 0.3 is 6.18 Å². The summed E-state index contributed by atoms with van der Waals surface area (Å²) in [6.07, 6.45) is -2.63. The summed E-state index contributed by atoms with van der Waals surface area (Å²) >= 11 is 0. The third-order valence-electron chi connectivity index (χ3n) is 3.77. The fraction of sp³-hybridized carbons (Fsp3) is 0.714. The quantitative estimate of drug-likeness (QED) is 0.849. The maximum Gasteiger partial charge on any atom is 0.435 e. The van der Waals surface area contributed by atoms with Gasteiger partial charge in [0.05, 0.1) is 13.0 Å². The predicted molar refractivity (Wildman–Crippen MR) is 73.3 cm³/mol. The number of aromatic nitrogens is 2. The Hall–Kier alpha value is -1.57. The van der Waals surface area contributed by atoms with E-state index in [4.69, 9.17) is 4.74 Å². The number of aromatic amines is 1. The highest BCUT2D eigenvalue weighted by molar-refractivity contribution is 5.76. The molecular weight excluding hydrogens is 299 g/mol. The van der Waals surface area contributed by atoms with Crippen LogP contribution in [0.3, 0.4) is 0 Å². The standard InChI is InChI=1S/C14H20F3N3O2/c1-2-22-7-5-13(21)20-6-3-4-10(9-20)11-8-12(19-18-11)14(15,16)17/h8,10H,2-7,9H2,1H3,(H,18,19)/t10-/m0/s1. The second-order valence-electron chi connectivity index (χ2n) is 5.33. The first-order valence-electron chi connectivity index (χ1n) is 7.39. The van der Waals surface area contributed by atoms with E-state index in [1.807, 2.05) is 6.92 Å². The maximum absolute atomic E-state index is 12.6. The number of likely N-dealkylation sites (tertiary alicyclic amines) is 1. The summed E-state index contributed by atoms with van der Waals surface area (Å²) in [5.74, 6) is -0.151. The van der Waals surface area contributed by atoms with Crippen molar-refractivity contribution in [3.8, 4) is 0 Å². The number of ether oxygens (including phenoxy) is 1. The van der Waals surface area contributed by atoms with Crippen molar-refractivity contribution in [2.75, 3.05) is 26.3 Å². The molecule has 5 nitrogen and oxygen atoms in total. The van der Waals surface area contributed by atoms with Gasteiger partial charge in [0.25, 0.3) is 0 Å². The van der Waals surface area contributed by atoms with Crippen LogP contribution in [0.2, 0.25) is 0 Å². The summed E-state index contributed by atoms with van der Waals surface area (Å²) in [6, 6.07) is 1.04. The number of rotatable bonds is 5. The topological polar surface area (TPSA) is 58.2 Å². The van der Waals surface area contributed by atoms with Crippen LogP contribution in [0.25, 0.3) is 0 Å². The summed E-state index contributed by atoms with van der Waals surface area (Å²) in [4.78, 5) is 13.8. The van der Waals surface area contributed by atoms with Crippen LogP contribution in [0.4, 0.5) is 13.2 Å². The lowest BCUT2D eigenvalue weighted by molar-refractivity contribution is -0.141. The Kier molecular flexibility index (Phi) is 5.44. The van der Waals surface area contributed by atoms with Gasteiger partial charge in [0.2, 0.25) is 5.91 Å². The van der Waals surface area contributed by atoms with Crippen LogP contribution in [0.15, 0.2) is 6.07 Å². The number of piperidine rings is 1. The van der Waals surface area contributed by atoms with Crippen molar-refractivity contribution in [1.82, 2.24) is 15.1 Å². The van der Waals surface area contributed by atoms with Gasteiger partial charge in [-0.25, -0.2) is 0 Å². The van der Waals surface area contributed by atoms with Gasteiger partial charge in [-0.05, 0) is 25.8 Å². The molecule has 124 valence electrons. The molecule has 1 fully saturated rings. The molecule has 2 rings (SSSR count). The number of hydrogen-bond acceptors (Lipinski definition) is 3. The Morgan fingerprint density at radius 3 is 2.95 bits per heavy atom. The number of H-pyrrole nitrogens is 1. The molecule has 0 spiro atoms. The first-order chi connectivity index (χ1) is 10.4. The summed E-state index contributed by atoms with van der Waals surface area (Å²) in [6.45, 7) is 3.85. The molecule has 1 aliphatic heterocycles. The van der Waals surface area contributed by atoms with Crippen LogP contribution in [-0.2, 0) is 15.7 Å². The van der Waals surface area contributed by atoms with Crippen molar-refractivity contribution in [1.29, 1.82) is 0 Å². The molecular formula is C14H20F3N3O2. The molecule has 1 N–H and O–H groups in total. The van der Waals surface area contributed by atoms with E-state index in [0.717, 1.165) is 18.9 Å². The highest BCUT2D eigenvalue weighted by Crippen LogP contribution is 2.32. The Balaban J connectivity index is 1.95. The minimum Gasteiger partial charge on any atom is -0.381 e. The van der Waals surface area contributed by atoms with E-state index < -0.39 is 11.9 Å². The number of halogens is 3. The van der Waals surface area contributed by atoms with E-state index in [9.17, 15) is 18.0 Å². The van der Waals surface area contributed by atoms with Crippen molar-refractivity contribution in [3.05, 3.63) is 17.5 Å². The highest BCUT2D eigenvalue weighted by Gasteiger charge is 2.35. The van der Waals surface area contributed by atoms with Gasteiger partial charge in [0, 0.05) is 31.3 Å². The largest absolute Gasteiger partial charge is 0.435 e. The van der Waals surface area contributed by atoms with Crippen molar-refractivity contribution < 1.29 is 22.7 Å². The molecule has 1 aromatic heterocycles. The molecule has 0 unspecified atom stereocenters. The molecule has 1 aliphatic rings. The normalized spacial score (nSPS) is 19.5. The fourth-order valence-electron chi connectivity index (χ4n) is 2.61. The average Bonchev–Trinajstić information content (AvgIpc) is 2.97. The second kappa shape index (κ2) is 7.13. The van der Waals surface area contributed by atoms with Crippen LogP contribution in [0, 0.1) is 0 Å². The van der Waals surface area contributed by atoms with E-state index in [1.165, 1.54) is 0 Å². The van der Waals surface area contributed by atoms with E-state index in [-0.39, 0.29) is 11.8 Å². The third-order valence-corrected chi connectivity index (χ3v) is 3.77. The number of amides is 1. The minimum atomic E-state index is -4.45. The Bertz CT molecular complexity index is 502. The third kappa shape index (κ3) is 4.22. The maximum atomic E-state index is 12.6. The molecule has 0 bridgehead atoms. The Morgan fingerprint density at radius 2 is 2.32 bits per heavy atom. The number of hydrogen-bond donors (Lipinski definition) is 1. The van der Waals surface area contributed by atoms with E-state index in [0.29, 0.717) is 38.4 Å².